The number of amides is 1. The summed E-state index contributed by atoms with van der Waals surface area (Å²) in [6.07, 6.45) is 0.555. The van der Waals surface area contributed by atoms with Gasteiger partial charge in [0.1, 0.15) is 11.8 Å². The Hall–Kier alpha value is -3.00. The third-order valence-corrected chi connectivity index (χ3v) is 6.22. The number of anilines is 1. The van der Waals surface area contributed by atoms with Crippen LogP contribution in [0.3, 0.4) is 0 Å². The Kier molecular flexibility index (Phi) is 6.76. The smallest absolute Gasteiger partial charge is 0.318 e. The maximum atomic E-state index is 13.1. The zero-order valence-electron chi connectivity index (χ0n) is 17.7. The molecule has 2 heterocycles. The zero-order chi connectivity index (χ0) is 21.6. The number of hydrogen-bond donors (Lipinski definition) is 1. The van der Waals surface area contributed by atoms with Gasteiger partial charge in [-0.25, -0.2) is 0 Å². The quantitative estimate of drug-likeness (QED) is 0.603. The number of aromatic nitrogens is 2. The molecule has 1 amide bonds. The molecule has 1 aliphatic rings. The Balaban J connectivity index is 1.57. The minimum Gasteiger partial charge on any atom is -0.497 e. The molecule has 1 fully saturated rings. The summed E-state index contributed by atoms with van der Waals surface area (Å²) >= 11 is 1.92. The number of ether oxygens (including phenoxy) is 1. The highest BCUT2D eigenvalue weighted by Gasteiger charge is 2.25. The van der Waals surface area contributed by atoms with Crippen LogP contribution < -0.4 is 15.0 Å². The van der Waals surface area contributed by atoms with E-state index in [2.05, 4.69) is 20.4 Å². The lowest BCUT2D eigenvalue weighted by atomic mass is 10.0. The molecule has 2 aromatic carbocycles. The average molecular weight is 439 g/mol. The fourth-order valence-corrected chi connectivity index (χ4v) is 4.46. The second-order valence-corrected chi connectivity index (χ2v) is 8.64. The highest BCUT2D eigenvalue weighted by atomic mass is 32.2. The van der Waals surface area contributed by atoms with E-state index >= 15 is 0 Å². The van der Waals surface area contributed by atoms with Crippen LogP contribution in [-0.4, -0.2) is 47.8 Å². The summed E-state index contributed by atoms with van der Waals surface area (Å²) < 4.78 is 11.3. The number of rotatable bonds is 7. The van der Waals surface area contributed by atoms with Gasteiger partial charge >= 0.3 is 6.01 Å². The first-order valence-corrected chi connectivity index (χ1v) is 11.4. The van der Waals surface area contributed by atoms with Gasteiger partial charge in [-0.05, 0) is 36.2 Å². The van der Waals surface area contributed by atoms with Crippen molar-refractivity contribution in [2.45, 2.75) is 19.4 Å². The number of benzene rings is 2. The molecule has 1 aromatic heterocycles. The first-order valence-electron chi connectivity index (χ1n) is 10.3. The van der Waals surface area contributed by atoms with Gasteiger partial charge in [0, 0.05) is 36.6 Å². The molecule has 0 spiro atoms. The van der Waals surface area contributed by atoms with Gasteiger partial charge in [-0.2, -0.15) is 11.8 Å². The third kappa shape index (κ3) is 5.19. The summed E-state index contributed by atoms with van der Waals surface area (Å²) in [6.45, 7) is 3.66. The molecule has 0 saturated carbocycles. The van der Waals surface area contributed by atoms with Crippen molar-refractivity contribution in [3.05, 3.63) is 71.1 Å². The lowest BCUT2D eigenvalue weighted by Crippen LogP contribution is -2.32. The molecule has 162 valence electrons. The number of thioether (sulfide) groups is 1. The topological polar surface area (TPSA) is 80.5 Å². The molecule has 3 aromatic rings. The summed E-state index contributed by atoms with van der Waals surface area (Å²) in [6, 6.07) is 15.5. The minimum atomic E-state index is -0.434. The highest BCUT2D eigenvalue weighted by molar-refractivity contribution is 7.99. The van der Waals surface area contributed by atoms with Gasteiger partial charge in [-0.1, -0.05) is 35.4 Å². The van der Waals surface area contributed by atoms with Crippen molar-refractivity contribution in [2.24, 2.45) is 0 Å². The Morgan fingerprint density at radius 3 is 2.68 bits per heavy atom. The van der Waals surface area contributed by atoms with Crippen molar-refractivity contribution in [1.29, 1.82) is 0 Å². The predicted molar refractivity (Wildman–Crippen MR) is 122 cm³/mol. The molecule has 0 bridgehead atoms. The molecule has 31 heavy (non-hydrogen) atoms. The van der Waals surface area contributed by atoms with Crippen molar-refractivity contribution in [3.63, 3.8) is 0 Å². The van der Waals surface area contributed by atoms with Crippen LogP contribution in [-0.2, 0) is 6.42 Å². The van der Waals surface area contributed by atoms with Crippen molar-refractivity contribution in [3.8, 4) is 5.75 Å². The van der Waals surface area contributed by atoms with Gasteiger partial charge in [-0.3, -0.25) is 4.79 Å². The summed E-state index contributed by atoms with van der Waals surface area (Å²) in [5, 5.41) is 11.6. The molecule has 0 unspecified atom stereocenters. The number of nitrogens with zero attached hydrogens (tertiary/aromatic N) is 3. The first-order chi connectivity index (χ1) is 15.1. The monoisotopic (exact) mass is 438 g/mol. The number of aryl methyl sites for hydroxylation is 1. The van der Waals surface area contributed by atoms with E-state index in [1.165, 1.54) is 0 Å². The van der Waals surface area contributed by atoms with Crippen LogP contribution in [0.25, 0.3) is 0 Å². The van der Waals surface area contributed by atoms with E-state index in [4.69, 9.17) is 9.15 Å². The van der Waals surface area contributed by atoms with Gasteiger partial charge in [0.05, 0.1) is 7.11 Å². The molecule has 7 nitrogen and oxygen atoms in total. The average Bonchev–Trinajstić information content (AvgIpc) is 3.30. The Morgan fingerprint density at radius 1 is 1.19 bits per heavy atom. The number of methoxy groups -OCH3 is 1. The molecule has 1 aliphatic heterocycles. The van der Waals surface area contributed by atoms with Crippen LogP contribution >= 0.6 is 11.8 Å². The van der Waals surface area contributed by atoms with Crippen LogP contribution in [0.1, 0.15) is 33.4 Å². The zero-order valence-corrected chi connectivity index (χ0v) is 18.5. The van der Waals surface area contributed by atoms with E-state index in [1.54, 1.807) is 19.2 Å². The normalized spacial score (nSPS) is 14.8. The molecular formula is C23H26N4O3S. The largest absolute Gasteiger partial charge is 0.497 e. The van der Waals surface area contributed by atoms with Crippen LogP contribution in [0.4, 0.5) is 6.01 Å². The van der Waals surface area contributed by atoms with E-state index < -0.39 is 6.04 Å². The van der Waals surface area contributed by atoms with Gasteiger partial charge in [0.25, 0.3) is 5.91 Å². The fourth-order valence-electron chi connectivity index (χ4n) is 3.55. The van der Waals surface area contributed by atoms with E-state index in [-0.39, 0.29) is 5.91 Å². The minimum absolute atomic E-state index is 0.185. The summed E-state index contributed by atoms with van der Waals surface area (Å²) in [7, 11) is 1.61. The van der Waals surface area contributed by atoms with E-state index in [0.29, 0.717) is 23.9 Å². The lowest BCUT2D eigenvalue weighted by Gasteiger charge is -2.24. The summed E-state index contributed by atoms with van der Waals surface area (Å²) in [5.74, 6) is 3.03. The van der Waals surface area contributed by atoms with E-state index in [0.717, 1.165) is 41.5 Å². The fraction of sp³-hybridized carbons (Fsp3) is 0.348. The summed E-state index contributed by atoms with van der Waals surface area (Å²) in [5.41, 5.74) is 2.51. The van der Waals surface area contributed by atoms with Gasteiger partial charge < -0.3 is 19.4 Å². The second-order valence-electron chi connectivity index (χ2n) is 7.42. The molecular weight excluding hydrogens is 412 g/mol. The predicted octanol–water partition coefficient (Wildman–Crippen LogP) is 3.65. The van der Waals surface area contributed by atoms with Crippen molar-refractivity contribution in [2.75, 3.05) is 36.6 Å². The van der Waals surface area contributed by atoms with Crippen molar-refractivity contribution < 1.29 is 13.9 Å². The Morgan fingerprint density at radius 2 is 1.97 bits per heavy atom. The van der Waals surface area contributed by atoms with Crippen molar-refractivity contribution >= 4 is 23.7 Å². The second kappa shape index (κ2) is 9.87. The standard InChI is InChI=1S/C23H26N4O3S/c1-16-14-18(29-2)8-9-19(16)21(28)24-20(15-17-6-4-3-5-7-17)22-25-26-23(30-22)27-10-12-31-13-11-27/h3-9,14,20H,10-13,15H2,1-2H3,(H,24,28)/t20-/m0/s1. The molecule has 1 saturated heterocycles. The van der Waals surface area contributed by atoms with Gasteiger partial charge in [0.2, 0.25) is 5.89 Å². The Labute approximate surface area is 186 Å². The van der Waals surface area contributed by atoms with E-state index in [9.17, 15) is 4.79 Å². The SMILES string of the molecule is COc1ccc(C(=O)N[C@@H](Cc2ccccc2)c2nnc(N3CCSCC3)o2)c(C)c1. The molecule has 0 radical (unpaired) electrons. The van der Waals surface area contributed by atoms with Crippen LogP contribution in [0, 0.1) is 6.92 Å². The maximum Gasteiger partial charge on any atom is 0.318 e. The number of hydrogen-bond acceptors (Lipinski definition) is 7. The summed E-state index contributed by atoms with van der Waals surface area (Å²) in [4.78, 5) is 15.2. The highest BCUT2D eigenvalue weighted by Crippen LogP contribution is 2.24. The van der Waals surface area contributed by atoms with Crippen LogP contribution in [0.15, 0.2) is 52.9 Å². The van der Waals surface area contributed by atoms with Gasteiger partial charge in [-0.15, -0.1) is 5.10 Å². The molecule has 4 rings (SSSR count). The first kappa shape index (κ1) is 21.2. The maximum absolute atomic E-state index is 13.1. The Bertz CT molecular complexity index is 1020. The number of carbonyl (C=O) groups is 1. The van der Waals surface area contributed by atoms with Crippen LogP contribution in [0.5, 0.6) is 5.75 Å². The number of carbonyl (C=O) groups excluding carboxylic acids is 1. The molecule has 1 atom stereocenters. The van der Waals surface area contributed by atoms with Crippen molar-refractivity contribution in [1.82, 2.24) is 15.5 Å². The lowest BCUT2D eigenvalue weighted by molar-refractivity contribution is 0.0929. The third-order valence-electron chi connectivity index (χ3n) is 5.28. The molecule has 1 N–H and O–H groups in total. The number of nitrogens with one attached hydrogen (secondary N) is 1. The molecule has 0 aliphatic carbocycles. The van der Waals surface area contributed by atoms with Crippen LogP contribution in [0.2, 0.25) is 0 Å². The molecule has 8 heteroatoms. The van der Waals surface area contributed by atoms with Gasteiger partial charge in [0.15, 0.2) is 0 Å². The van der Waals surface area contributed by atoms with E-state index in [1.807, 2.05) is 55.1 Å².